The predicted octanol–water partition coefficient (Wildman–Crippen LogP) is 1.14. The number of aromatic nitrogens is 3. The minimum Gasteiger partial charge on any atom is -0.463 e. The van der Waals surface area contributed by atoms with Crippen molar-refractivity contribution in [2.45, 2.75) is 32.6 Å². The molecule has 1 aromatic rings. The van der Waals surface area contributed by atoms with E-state index in [0.717, 1.165) is 19.5 Å². The lowest BCUT2D eigenvalue weighted by atomic mass is 10.1. The summed E-state index contributed by atoms with van der Waals surface area (Å²) in [5.74, 6) is 0.673. The molecule has 0 atom stereocenters. The van der Waals surface area contributed by atoms with E-state index in [1.807, 2.05) is 6.92 Å². The fourth-order valence-electron chi connectivity index (χ4n) is 2.22. The van der Waals surface area contributed by atoms with Gasteiger partial charge in [-0.3, -0.25) is 0 Å². The molecule has 0 spiro atoms. The van der Waals surface area contributed by atoms with E-state index in [9.17, 15) is 0 Å². The third-order valence-electron chi connectivity index (χ3n) is 3.23. The van der Waals surface area contributed by atoms with Gasteiger partial charge >= 0.3 is 6.01 Å². The van der Waals surface area contributed by atoms with Crippen LogP contribution in [-0.2, 0) is 0 Å². The number of ether oxygens (including phenoxy) is 1. The molecule has 7 heteroatoms. The highest BCUT2D eigenvalue weighted by atomic mass is 16.5. The number of nitrogens with one attached hydrogen (secondary N) is 1. The molecule has 0 radical (unpaired) electrons. The summed E-state index contributed by atoms with van der Waals surface area (Å²) in [5.41, 5.74) is 5.65. The molecule has 0 saturated carbocycles. The molecule has 0 aliphatic carbocycles. The van der Waals surface area contributed by atoms with Gasteiger partial charge in [0.25, 0.3) is 0 Å². The molecular formula is C13H24N6O. The number of hydrogen-bond donors (Lipinski definition) is 2. The van der Waals surface area contributed by atoms with Crippen molar-refractivity contribution in [1.82, 2.24) is 19.9 Å². The number of nitrogens with two attached hydrogens (primary N) is 1. The van der Waals surface area contributed by atoms with E-state index in [1.54, 1.807) is 0 Å². The van der Waals surface area contributed by atoms with E-state index in [2.05, 4.69) is 25.2 Å². The highest BCUT2D eigenvalue weighted by molar-refractivity contribution is 5.32. The first-order valence-electron chi connectivity index (χ1n) is 7.38. The van der Waals surface area contributed by atoms with Crippen molar-refractivity contribution in [2.75, 3.05) is 43.8 Å². The number of likely N-dealkylation sites (tertiary alicyclic amines) is 1. The summed E-state index contributed by atoms with van der Waals surface area (Å²) in [7, 11) is 0. The first-order chi connectivity index (χ1) is 9.78. The second-order valence-electron chi connectivity index (χ2n) is 4.98. The fraction of sp³-hybridized carbons (Fsp3) is 0.769. The summed E-state index contributed by atoms with van der Waals surface area (Å²) in [6.45, 7) is 6.78. The van der Waals surface area contributed by atoms with Crippen LogP contribution in [0.25, 0.3) is 0 Å². The van der Waals surface area contributed by atoms with Crippen molar-refractivity contribution in [3.8, 4) is 6.01 Å². The molecule has 1 aliphatic heterocycles. The van der Waals surface area contributed by atoms with Gasteiger partial charge in [-0.2, -0.15) is 15.0 Å². The number of piperidine rings is 1. The fourth-order valence-corrected chi connectivity index (χ4v) is 2.22. The maximum absolute atomic E-state index is 5.65. The van der Waals surface area contributed by atoms with Crippen molar-refractivity contribution in [1.29, 1.82) is 0 Å². The molecule has 0 bridgehead atoms. The maximum atomic E-state index is 5.65. The van der Waals surface area contributed by atoms with Gasteiger partial charge in [0.2, 0.25) is 11.9 Å². The van der Waals surface area contributed by atoms with Crippen molar-refractivity contribution in [3.63, 3.8) is 0 Å². The largest absolute Gasteiger partial charge is 0.463 e. The van der Waals surface area contributed by atoms with E-state index in [4.69, 9.17) is 10.5 Å². The van der Waals surface area contributed by atoms with Crippen LogP contribution in [0.1, 0.15) is 32.6 Å². The van der Waals surface area contributed by atoms with E-state index in [1.165, 1.54) is 32.4 Å². The van der Waals surface area contributed by atoms with Crippen LogP contribution in [0.15, 0.2) is 0 Å². The molecule has 7 nitrogen and oxygen atoms in total. The van der Waals surface area contributed by atoms with Gasteiger partial charge in [0.15, 0.2) is 0 Å². The third kappa shape index (κ3) is 4.80. The highest BCUT2D eigenvalue weighted by Gasteiger charge is 2.10. The van der Waals surface area contributed by atoms with Gasteiger partial charge in [0, 0.05) is 13.1 Å². The van der Waals surface area contributed by atoms with Crippen molar-refractivity contribution >= 4 is 11.9 Å². The number of rotatable bonds is 7. The van der Waals surface area contributed by atoms with Crippen LogP contribution < -0.4 is 15.8 Å². The average molecular weight is 280 g/mol. The molecule has 112 valence electrons. The molecule has 1 aliphatic rings. The van der Waals surface area contributed by atoms with Gasteiger partial charge in [-0.1, -0.05) is 13.3 Å². The van der Waals surface area contributed by atoms with Crippen LogP contribution in [-0.4, -0.2) is 52.6 Å². The van der Waals surface area contributed by atoms with Crippen molar-refractivity contribution in [3.05, 3.63) is 0 Å². The Morgan fingerprint density at radius 2 is 2.00 bits per heavy atom. The molecule has 0 amide bonds. The van der Waals surface area contributed by atoms with E-state index < -0.39 is 0 Å². The van der Waals surface area contributed by atoms with E-state index in [0.29, 0.717) is 18.6 Å². The summed E-state index contributed by atoms with van der Waals surface area (Å²) in [6, 6.07) is 0.292. The smallest absolute Gasteiger partial charge is 0.323 e. The number of hydrogen-bond acceptors (Lipinski definition) is 7. The zero-order chi connectivity index (χ0) is 14.2. The molecule has 1 fully saturated rings. The molecule has 3 N–H and O–H groups in total. The molecule has 1 saturated heterocycles. The number of nitrogens with zero attached hydrogens (tertiary/aromatic N) is 4. The Morgan fingerprint density at radius 1 is 1.20 bits per heavy atom. The Bertz CT molecular complexity index is 408. The summed E-state index contributed by atoms with van der Waals surface area (Å²) in [4.78, 5) is 14.7. The highest BCUT2D eigenvalue weighted by Crippen LogP contribution is 2.10. The lowest BCUT2D eigenvalue weighted by molar-refractivity contribution is 0.237. The van der Waals surface area contributed by atoms with E-state index >= 15 is 0 Å². The van der Waals surface area contributed by atoms with Gasteiger partial charge in [-0.05, 0) is 32.4 Å². The topological polar surface area (TPSA) is 89.2 Å². The lowest BCUT2D eigenvalue weighted by Gasteiger charge is -2.26. The Morgan fingerprint density at radius 3 is 2.75 bits per heavy atom. The van der Waals surface area contributed by atoms with Gasteiger partial charge in [-0.25, -0.2) is 0 Å². The molecule has 1 aromatic heterocycles. The van der Waals surface area contributed by atoms with Crippen molar-refractivity contribution in [2.24, 2.45) is 0 Å². The molecular weight excluding hydrogens is 256 g/mol. The Kier molecular flexibility index (Phi) is 5.79. The molecule has 2 rings (SSSR count). The van der Waals surface area contributed by atoms with Crippen LogP contribution in [0.4, 0.5) is 11.9 Å². The normalized spacial score (nSPS) is 16.1. The number of nitrogen functional groups attached to an aromatic ring is 1. The van der Waals surface area contributed by atoms with Crippen molar-refractivity contribution < 1.29 is 4.74 Å². The summed E-state index contributed by atoms with van der Waals surface area (Å²) in [5, 5.41) is 3.19. The first kappa shape index (κ1) is 14.8. The Labute approximate surface area is 119 Å². The van der Waals surface area contributed by atoms with Gasteiger partial charge in [0.05, 0.1) is 6.61 Å². The second-order valence-corrected chi connectivity index (χ2v) is 4.98. The molecule has 0 unspecified atom stereocenters. The summed E-state index contributed by atoms with van der Waals surface area (Å²) < 4.78 is 5.38. The number of anilines is 2. The van der Waals surface area contributed by atoms with Gasteiger partial charge < -0.3 is 20.7 Å². The Hall–Kier alpha value is -1.63. The molecule has 2 heterocycles. The summed E-state index contributed by atoms with van der Waals surface area (Å²) in [6.07, 6.45) is 4.86. The van der Waals surface area contributed by atoms with Gasteiger partial charge in [-0.15, -0.1) is 0 Å². The van der Waals surface area contributed by atoms with Crippen LogP contribution in [0.2, 0.25) is 0 Å². The SMILES string of the molecule is CCCOc1nc(N)nc(NCCN2CCCCC2)n1. The van der Waals surface area contributed by atoms with Crippen LogP contribution in [0, 0.1) is 0 Å². The zero-order valence-electron chi connectivity index (χ0n) is 12.1. The molecule has 20 heavy (non-hydrogen) atoms. The minimum absolute atomic E-state index is 0.187. The monoisotopic (exact) mass is 280 g/mol. The molecule has 0 aromatic carbocycles. The zero-order valence-corrected chi connectivity index (χ0v) is 12.1. The van der Waals surface area contributed by atoms with Crippen LogP contribution in [0.5, 0.6) is 6.01 Å². The average Bonchev–Trinajstić information content (AvgIpc) is 2.46. The second kappa shape index (κ2) is 7.84. The standard InChI is InChI=1S/C13H24N6O/c1-2-10-20-13-17-11(14)16-12(18-13)15-6-9-19-7-4-3-5-8-19/h2-10H2,1H3,(H3,14,15,16,17,18). The Balaban J connectivity index is 1.80. The maximum Gasteiger partial charge on any atom is 0.323 e. The van der Waals surface area contributed by atoms with Gasteiger partial charge in [0.1, 0.15) is 0 Å². The minimum atomic E-state index is 0.187. The quantitative estimate of drug-likeness (QED) is 0.774. The summed E-state index contributed by atoms with van der Waals surface area (Å²) >= 11 is 0. The van der Waals surface area contributed by atoms with Crippen LogP contribution in [0.3, 0.4) is 0 Å². The predicted molar refractivity (Wildman–Crippen MR) is 78.8 cm³/mol. The first-order valence-corrected chi connectivity index (χ1v) is 7.38. The van der Waals surface area contributed by atoms with E-state index in [-0.39, 0.29) is 5.95 Å². The third-order valence-corrected chi connectivity index (χ3v) is 3.23. The van der Waals surface area contributed by atoms with Crippen LogP contribution >= 0.6 is 0 Å². The lowest BCUT2D eigenvalue weighted by Crippen LogP contribution is -2.33.